The minimum Gasteiger partial charge on any atom is -0.368 e. The summed E-state index contributed by atoms with van der Waals surface area (Å²) in [6, 6.07) is 5.84. The Morgan fingerprint density at radius 2 is 2.15 bits per heavy atom. The van der Waals surface area contributed by atoms with Crippen LogP contribution in [0.1, 0.15) is 0 Å². The van der Waals surface area contributed by atoms with E-state index in [0.717, 1.165) is 10.6 Å². The first kappa shape index (κ1) is 9.95. The Balaban J connectivity index is 0.000000845. The van der Waals surface area contributed by atoms with E-state index in [1.165, 1.54) is 0 Å². The van der Waals surface area contributed by atoms with Gasteiger partial charge in [-0.2, -0.15) is 0 Å². The Kier molecular flexibility index (Phi) is 3.22. The zero-order chi connectivity index (χ0) is 8.39. The molecule has 68 valence electrons. The third-order valence-corrected chi connectivity index (χ3v) is 2.34. The molecule has 3 nitrogen and oxygen atoms in total. The highest BCUT2D eigenvalue weighted by Crippen LogP contribution is 2.21. The van der Waals surface area contributed by atoms with Crippen molar-refractivity contribution in [2.24, 2.45) is 0 Å². The van der Waals surface area contributed by atoms with Gasteiger partial charge in [-0.15, -0.1) is 23.7 Å². The van der Waals surface area contributed by atoms with Crippen LogP contribution in [-0.2, 0) is 0 Å². The molecule has 0 aliphatic heterocycles. The number of rotatable bonds is 1. The van der Waals surface area contributed by atoms with E-state index in [4.69, 9.17) is 5.73 Å². The number of thiophene rings is 1. The highest BCUT2D eigenvalue weighted by atomic mass is 35.5. The van der Waals surface area contributed by atoms with Crippen LogP contribution < -0.4 is 5.73 Å². The highest BCUT2D eigenvalue weighted by Gasteiger charge is 1.99. The number of halogens is 1. The van der Waals surface area contributed by atoms with Gasteiger partial charge in [0, 0.05) is 6.20 Å². The summed E-state index contributed by atoms with van der Waals surface area (Å²) >= 11 is 1.64. The lowest BCUT2D eigenvalue weighted by Gasteiger charge is -1.95. The van der Waals surface area contributed by atoms with Crippen molar-refractivity contribution in [2.75, 3.05) is 5.73 Å². The molecule has 0 aliphatic carbocycles. The third-order valence-electron chi connectivity index (χ3n) is 1.45. The van der Waals surface area contributed by atoms with Crippen molar-refractivity contribution in [1.82, 2.24) is 9.97 Å². The Bertz CT molecular complexity index is 375. The standard InChI is InChI=1S/C8H7N3S.ClH/c9-8-10-4-3-6(11-8)7-2-1-5-12-7;/h1-5H,(H2,9,10,11);1H. The molecule has 0 atom stereocenters. The molecule has 0 aliphatic rings. The fourth-order valence-corrected chi connectivity index (χ4v) is 1.63. The van der Waals surface area contributed by atoms with Gasteiger partial charge in [0.1, 0.15) is 0 Å². The molecule has 0 saturated carbocycles. The highest BCUT2D eigenvalue weighted by molar-refractivity contribution is 7.13. The van der Waals surface area contributed by atoms with E-state index in [1.807, 2.05) is 23.6 Å². The fourth-order valence-electron chi connectivity index (χ4n) is 0.935. The van der Waals surface area contributed by atoms with Crippen molar-refractivity contribution in [3.8, 4) is 10.6 Å². The van der Waals surface area contributed by atoms with Gasteiger partial charge in [-0.25, -0.2) is 9.97 Å². The minimum atomic E-state index is 0. The van der Waals surface area contributed by atoms with Gasteiger partial charge >= 0.3 is 0 Å². The number of nitrogen functional groups attached to an aromatic ring is 1. The van der Waals surface area contributed by atoms with Crippen LogP contribution in [0.4, 0.5) is 5.95 Å². The van der Waals surface area contributed by atoms with Crippen LogP contribution in [0.5, 0.6) is 0 Å². The summed E-state index contributed by atoms with van der Waals surface area (Å²) in [6.07, 6.45) is 1.66. The summed E-state index contributed by atoms with van der Waals surface area (Å²) in [4.78, 5) is 9.03. The maximum atomic E-state index is 5.45. The summed E-state index contributed by atoms with van der Waals surface area (Å²) in [5.41, 5.74) is 6.33. The molecule has 2 rings (SSSR count). The van der Waals surface area contributed by atoms with Crippen LogP contribution in [-0.4, -0.2) is 9.97 Å². The van der Waals surface area contributed by atoms with Crippen LogP contribution in [0.3, 0.4) is 0 Å². The monoisotopic (exact) mass is 213 g/mol. The van der Waals surface area contributed by atoms with Gasteiger partial charge in [0.25, 0.3) is 0 Å². The SMILES string of the molecule is Cl.Nc1nccc(-c2cccs2)n1. The summed E-state index contributed by atoms with van der Waals surface area (Å²) in [5.74, 6) is 0.320. The van der Waals surface area contributed by atoms with Gasteiger partial charge < -0.3 is 5.73 Å². The van der Waals surface area contributed by atoms with Crippen molar-refractivity contribution in [1.29, 1.82) is 0 Å². The quantitative estimate of drug-likeness (QED) is 0.790. The summed E-state index contributed by atoms with van der Waals surface area (Å²) in [5, 5.41) is 2.01. The van der Waals surface area contributed by atoms with Crippen LogP contribution in [0.25, 0.3) is 10.6 Å². The predicted octanol–water partition coefficient (Wildman–Crippen LogP) is 2.21. The molecule has 5 heteroatoms. The molecule has 2 heterocycles. The van der Waals surface area contributed by atoms with Gasteiger partial charge in [0.2, 0.25) is 5.95 Å². The number of aromatic nitrogens is 2. The van der Waals surface area contributed by atoms with Gasteiger partial charge in [0.05, 0.1) is 10.6 Å². The molecule has 0 saturated heterocycles. The zero-order valence-corrected chi connectivity index (χ0v) is 8.31. The normalized spacial score (nSPS) is 9.23. The molecule has 2 aromatic rings. The lowest BCUT2D eigenvalue weighted by Crippen LogP contribution is -1.93. The number of nitrogens with zero attached hydrogens (tertiary/aromatic N) is 2. The third kappa shape index (κ3) is 2.17. The Labute approximate surface area is 86.1 Å². The minimum absolute atomic E-state index is 0. The van der Waals surface area contributed by atoms with Crippen LogP contribution in [0.2, 0.25) is 0 Å². The van der Waals surface area contributed by atoms with Gasteiger partial charge in [-0.05, 0) is 17.5 Å². The van der Waals surface area contributed by atoms with E-state index < -0.39 is 0 Å². The maximum absolute atomic E-state index is 5.45. The average Bonchev–Trinajstić information content (AvgIpc) is 2.56. The first-order chi connectivity index (χ1) is 5.86. The summed E-state index contributed by atoms with van der Waals surface area (Å²) in [7, 11) is 0. The predicted molar refractivity (Wildman–Crippen MR) is 57.0 cm³/mol. The van der Waals surface area contributed by atoms with E-state index in [-0.39, 0.29) is 12.4 Å². The molecule has 0 radical (unpaired) electrons. The molecule has 0 amide bonds. The van der Waals surface area contributed by atoms with Crippen LogP contribution in [0, 0.1) is 0 Å². The average molecular weight is 214 g/mol. The number of anilines is 1. The van der Waals surface area contributed by atoms with Gasteiger partial charge in [0.15, 0.2) is 0 Å². The molecule has 2 aromatic heterocycles. The topological polar surface area (TPSA) is 51.8 Å². The molecule has 0 fully saturated rings. The Hall–Kier alpha value is -1.13. The molecule has 0 aromatic carbocycles. The first-order valence-electron chi connectivity index (χ1n) is 3.48. The first-order valence-corrected chi connectivity index (χ1v) is 4.36. The molecule has 0 spiro atoms. The van der Waals surface area contributed by atoms with Gasteiger partial charge in [-0.1, -0.05) is 6.07 Å². The number of hydrogen-bond donors (Lipinski definition) is 1. The zero-order valence-electron chi connectivity index (χ0n) is 6.68. The Morgan fingerprint density at radius 3 is 2.77 bits per heavy atom. The summed E-state index contributed by atoms with van der Waals surface area (Å²) in [6.45, 7) is 0. The Morgan fingerprint density at radius 1 is 1.31 bits per heavy atom. The second-order valence-electron chi connectivity index (χ2n) is 2.28. The van der Waals surface area contributed by atoms with Crippen molar-refractivity contribution in [3.63, 3.8) is 0 Å². The largest absolute Gasteiger partial charge is 0.368 e. The van der Waals surface area contributed by atoms with Gasteiger partial charge in [-0.3, -0.25) is 0 Å². The molecular weight excluding hydrogens is 206 g/mol. The number of hydrogen-bond acceptors (Lipinski definition) is 4. The molecule has 0 bridgehead atoms. The van der Waals surface area contributed by atoms with Crippen molar-refractivity contribution in [3.05, 3.63) is 29.8 Å². The molecular formula is C8H8ClN3S. The van der Waals surface area contributed by atoms with Crippen molar-refractivity contribution >= 4 is 29.7 Å². The summed E-state index contributed by atoms with van der Waals surface area (Å²) < 4.78 is 0. The smallest absolute Gasteiger partial charge is 0.220 e. The lowest BCUT2D eigenvalue weighted by atomic mass is 10.3. The lowest BCUT2D eigenvalue weighted by molar-refractivity contribution is 1.19. The second-order valence-corrected chi connectivity index (χ2v) is 3.23. The van der Waals surface area contributed by atoms with Crippen molar-refractivity contribution < 1.29 is 0 Å². The van der Waals surface area contributed by atoms with Crippen molar-refractivity contribution in [2.45, 2.75) is 0 Å². The number of nitrogens with two attached hydrogens (primary N) is 1. The van der Waals surface area contributed by atoms with Crippen LogP contribution in [0.15, 0.2) is 29.8 Å². The molecule has 2 N–H and O–H groups in total. The molecule has 13 heavy (non-hydrogen) atoms. The van der Waals surface area contributed by atoms with E-state index in [0.29, 0.717) is 5.95 Å². The van der Waals surface area contributed by atoms with E-state index in [1.54, 1.807) is 17.5 Å². The van der Waals surface area contributed by atoms with E-state index >= 15 is 0 Å². The fraction of sp³-hybridized carbons (Fsp3) is 0. The van der Waals surface area contributed by atoms with E-state index in [2.05, 4.69) is 9.97 Å². The maximum Gasteiger partial charge on any atom is 0.220 e. The molecule has 0 unspecified atom stereocenters. The van der Waals surface area contributed by atoms with E-state index in [9.17, 15) is 0 Å². The second kappa shape index (κ2) is 4.20. The van der Waals surface area contributed by atoms with Crippen LogP contribution >= 0.6 is 23.7 Å².